The Balaban J connectivity index is 1.77. The summed E-state index contributed by atoms with van der Waals surface area (Å²) in [6, 6.07) is 8.23. The largest absolute Gasteiger partial charge is 0.507 e. The zero-order valence-corrected chi connectivity index (χ0v) is 21.8. The molecule has 3 aliphatic carbocycles. The number of nitrogens with zero attached hydrogens (tertiary/aromatic N) is 1. The number of carbonyl (C=O) groups excluding carboxylic acids is 5. The van der Waals surface area contributed by atoms with E-state index in [0.29, 0.717) is 5.56 Å². The van der Waals surface area contributed by atoms with Gasteiger partial charge in [-0.3, -0.25) is 28.9 Å². The van der Waals surface area contributed by atoms with Crippen molar-refractivity contribution in [2.24, 2.45) is 29.4 Å². The molecule has 0 saturated heterocycles. The fourth-order valence-electron chi connectivity index (χ4n) is 6.57. The number of ketones is 4. The molecule has 212 valence electrons. The van der Waals surface area contributed by atoms with Crippen molar-refractivity contribution >= 4 is 46.7 Å². The van der Waals surface area contributed by atoms with Gasteiger partial charge in [0, 0.05) is 5.92 Å². The number of likely N-dealkylation sites (N-methyl/N-ethyl adjacent to an activating group) is 1. The molecule has 0 heterocycles. The van der Waals surface area contributed by atoms with Crippen LogP contribution in [0.25, 0.3) is 11.6 Å². The molecule has 12 heteroatoms. The maximum atomic E-state index is 14.1. The van der Waals surface area contributed by atoms with Gasteiger partial charge in [0.2, 0.25) is 5.91 Å². The lowest BCUT2D eigenvalue weighted by Crippen LogP contribution is -2.77. The first kappa shape index (κ1) is 28.0. The Hall–Kier alpha value is -4.52. The molecule has 12 nitrogen and oxygen atoms in total. The number of aromatic hydroxyl groups is 1. The first-order chi connectivity index (χ1) is 19.2. The van der Waals surface area contributed by atoms with Crippen LogP contribution in [0.15, 0.2) is 42.5 Å². The minimum Gasteiger partial charge on any atom is -0.507 e. The smallest absolute Gasteiger partial charge is 0.335 e. The van der Waals surface area contributed by atoms with Gasteiger partial charge in [-0.25, -0.2) is 4.79 Å². The summed E-state index contributed by atoms with van der Waals surface area (Å²) < 4.78 is 0. The van der Waals surface area contributed by atoms with Crippen molar-refractivity contribution < 1.29 is 49.2 Å². The Morgan fingerprint density at radius 1 is 1.00 bits per heavy atom. The van der Waals surface area contributed by atoms with E-state index in [1.165, 1.54) is 67.5 Å². The second-order valence-corrected chi connectivity index (χ2v) is 10.8. The molecule has 5 rings (SSSR count). The van der Waals surface area contributed by atoms with Gasteiger partial charge in [-0.15, -0.1) is 0 Å². The van der Waals surface area contributed by atoms with Crippen LogP contribution >= 0.6 is 0 Å². The normalized spacial score (nSPS) is 32.0. The van der Waals surface area contributed by atoms with Crippen molar-refractivity contribution in [3.05, 3.63) is 64.7 Å². The SMILES string of the molecule is CN(C)[C@@H]1C(=O)C(C(N)=O)C(=O)[C@@]2(O)C(=O)C3C(=O)c4c(O)cccc4C(=Cc4ccc(C(=O)O)cc4)[C@H]3[C@H](O)[C@@H]12. The predicted molar refractivity (Wildman–Crippen MR) is 140 cm³/mol. The second kappa shape index (κ2) is 9.54. The number of aliphatic hydroxyl groups excluding tert-OH is 1. The molecule has 7 atom stereocenters. The number of phenolic OH excluding ortho intramolecular Hbond substituents is 1. The fourth-order valence-corrected chi connectivity index (χ4v) is 6.57. The van der Waals surface area contributed by atoms with E-state index < -0.39 is 82.2 Å². The molecule has 1 amide bonds. The fraction of sp³-hybridized carbons (Fsp3) is 0.310. The van der Waals surface area contributed by atoms with Gasteiger partial charge in [-0.05, 0) is 49.0 Å². The number of carboxylic acid groups (broad SMARTS) is 1. The van der Waals surface area contributed by atoms with Crippen molar-refractivity contribution in [1.82, 2.24) is 4.90 Å². The number of aromatic carboxylic acids is 1. The molecule has 0 spiro atoms. The average molecular weight is 563 g/mol. The minimum atomic E-state index is -3.12. The van der Waals surface area contributed by atoms with E-state index >= 15 is 0 Å². The van der Waals surface area contributed by atoms with Crippen LogP contribution < -0.4 is 5.73 Å². The molecule has 0 aliphatic heterocycles. The molecule has 0 aromatic heterocycles. The molecule has 0 radical (unpaired) electrons. The van der Waals surface area contributed by atoms with Gasteiger partial charge < -0.3 is 26.2 Å². The van der Waals surface area contributed by atoms with E-state index in [4.69, 9.17) is 5.73 Å². The highest BCUT2D eigenvalue weighted by Crippen LogP contribution is 2.54. The second-order valence-electron chi connectivity index (χ2n) is 10.8. The van der Waals surface area contributed by atoms with Crippen molar-refractivity contribution in [2.75, 3.05) is 14.1 Å². The summed E-state index contributed by atoms with van der Waals surface area (Å²) >= 11 is 0. The van der Waals surface area contributed by atoms with Crippen LogP contribution in [0, 0.1) is 23.7 Å². The van der Waals surface area contributed by atoms with Gasteiger partial charge in [0.1, 0.15) is 5.75 Å². The number of carboxylic acids is 1. The predicted octanol–water partition coefficient (Wildman–Crippen LogP) is -0.466. The Morgan fingerprint density at radius 3 is 2.20 bits per heavy atom. The Morgan fingerprint density at radius 2 is 1.63 bits per heavy atom. The Labute approximate surface area is 232 Å². The topological polar surface area (TPSA) is 213 Å². The molecule has 2 aromatic carbocycles. The lowest BCUT2D eigenvalue weighted by molar-refractivity contribution is -0.192. The van der Waals surface area contributed by atoms with Crippen molar-refractivity contribution in [3.63, 3.8) is 0 Å². The van der Waals surface area contributed by atoms with Crippen LogP contribution in [0.1, 0.15) is 31.8 Å². The molecule has 2 fully saturated rings. The summed E-state index contributed by atoms with van der Waals surface area (Å²) in [5.41, 5.74) is 2.69. The average Bonchev–Trinajstić information content (AvgIpc) is 2.90. The van der Waals surface area contributed by atoms with Gasteiger partial charge >= 0.3 is 5.97 Å². The number of fused-ring (bicyclic) bond motifs is 3. The number of benzene rings is 2. The molecule has 2 aromatic rings. The van der Waals surface area contributed by atoms with Crippen LogP contribution in [-0.2, 0) is 19.2 Å². The van der Waals surface area contributed by atoms with Crippen molar-refractivity contribution in [1.29, 1.82) is 0 Å². The lowest BCUT2D eigenvalue weighted by Gasteiger charge is -2.55. The van der Waals surface area contributed by atoms with Crippen LogP contribution in [0.3, 0.4) is 0 Å². The zero-order chi connectivity index (χ0) is 30.1. The number of carbonyl (C=O) groups is 6. The van der Waals surface area contributed by atoms with Gasteiger partial charge in [0.25, 0.3) is 0 Å². The number of primary amides is 1. The van der Waals surface area contributed by atoms with E-state index in [2.05, 4.69) is 0 Å². The lowest BCUT2D eigenvalue weighted by atomic mass is 9.50. The highest BCUT2D eigenvalue weighted by atomic mass is 16.4. The monoisotopic (exact) mass is 562 g/mol. The van der Waals surface area contributed by atoms with E-state index in [1.807, 2.05) is 0 Å². The van der Waals surface area contributed by atoms with E-state index in [1.54, 1.807) is 0 Å². The van der Waals surface area contributed by atoms with Crippen LogP contribution in [0.4, 0.5) is 0 Å². The quantitative estimate of drug-likeness (QED) is 0.301. The third kappa shape index (κ3) is 3.86. The first-order valence-corrected chi connectivity index (χ1v) is 12.6. The van der Waals surface area contributed by atoms with Crippen LogP contribution in [0.2, 0.25) is 0 Å². The summed E-state index contributed by atoms with van der Waals surface area (Å²) in [5, 5.41) is 43.5. The highest BCUT2D eigenvalue weighted by Gasteiger charge is 2.72. The number of hydrogen-bond donors (Lipinski definition) is 5. The highest BCUT2D eigenvalue weighted by molar-refractivity contribution is 6.33. The van der Waals surface area contributed by atoms with Gasteiger partial charge in [0.05, 0.1) is 35.1 Å². The third-order valence-corrected chi connectivity index (χ3v) is 8.35. The first-order valence-electron chi connectivity index (χ1n) is 12.6. The summed E-state index contributed by atoms with van der Waals surface area (Å²) in [6.45, 7) is 0. The maximum Gasteiger partial charge on any atom is 0.335 e. The summed E-state index contributed by atoms with van der Waals surface area (Å²) in [6.07, 6.45) is -0.348. The van der Waals surface area contributed by atoms with Crippen LogP contribution in [-0.4, -0.2) is 92.2 Å². The number of amides is 1. The molecular weight excluding hydrogens is 536 g/mol. The Kier molecular flexibility index (Phi) is 6.52. The molecule has 2 unspecified atom stereocenters. The number of rotatable bonds is 4. The summed E-state index contributed by atoms with van der Waals surface area (Å²) in [5.74, 6) is -15.0. The van der Waals surface area contributed by atoms with Crippen LogP contribution in [0.5, 0.6) is 5.75 Å². The van der Waals surface area contributed by atoms with E-state index in [-0.39, 0.29) is 22.3 Å². The van der Waals surface area contributed by atoms with Gasteiger partial charge in [-0.2, -0.15) is 0 Å². The Bertz CT molecular complexity index is 1580. The zero-order valence-electron chi connectivity index (χ0n) is 21.8. The van der Waals surface area contributed by atoms with Gasteiger partial charge in [-0.1, -0.05) is 30.3 Å². The number of hydrogen-bond acceptors (Lipinski definition) is 10. The van der Waals surface area contributed by atoms with Gasteiger partial charge in [0.15, 0.2) is 34.7 Å². The molecule has 0 bridgehead atoms. The van der Waals surface area contributed by atoms with E-state index in [0.717, 1.165) is 0 Å². The summed E-state index contributed by atoms with van der Waals surface area (Å²) in [4.78, 5) is 79.4. The number of aliphatic hydroxyl groups is 2. The maximum absolute atomic E-state index is 14.1. The molecule has 6 N–H and O–H groups in total. The minimum absolute atomic E-state index is 0.00287. The number of Topliss-reactive ketones (excluding diaryl/α,β-unsaturated/α-hetero) is 4. The molecule has 41 heavy (non-hydrogen) atoms. The number of nitrogens with two attached hydrogens (primary N) is 1. The van der Waals surface area contributed by atoms with Crippen molar-refractivity contribution in [3.8, 4) is 5.75 Å². The third-order valence-electron chi connectivity index (χ3n) is 8.35. The molecule has 2 saturated carbocycles. The van der Waals surface area contributed by atoms with E-state index in [9.17, 15) is 49.2 Å². The number of phenols is 1. The standard InChI is InChI=1S/C29H26N2O10/c1-31(2)21-20-23(34)17-14(10-11-6-8-12(9-7-11)28(39)40)13-4-3-5-15(32)16(13)22(33)18(17)25(36)29(20,41)26(37)19(24(21)35)27(30)38/h3-10,17-21,23,32,34,41H,1-2H3,(H2,30,38)(H,39,40)/t17-,18?,19?,20-,21+,23+,29+/m1/s1. The molecule has 3 aliphatic rings. The molecular formula is C29H26N2O10. The van der Waals surface area contributed by atoms with Crippen molar-refractivity contribution in [2.45, 2.75) is 17.7 Å². The summed E-state index contributed by atoms with van der Waals surface area (Å²) in [7, 11) is 2.81.